The van der Waals surface area contributed by atoms with Gasteiger partial charge in [0.15, 0.2) is 0 Å². The van der Waals surface area contributed by atoms with Crippen molar-refractivity contribution in [2.24, 2.45) is 0 Å². The van der Waals surface area contributed by atoms with Crippen molar-refractivity contribution in [3.8, 4) is 0 Å². The van der Waals surface area contributed by atoms with Crippen LogP contribution in [0, 0.1) is 0 Å². The molecule has 11 heteroatoms. The van der Waals surface area contributed by atoms with Crippen LogP contribution in [0.2, 0.25) is 0 Å². The van der Waals surface area contributed by atoms with Crippen LogP contribution in [0.3, 0.4) is 0 Å². The molecule has 7 N–H and O–H groups in total. The Balaban J connectivity index is 3.25. The van der Waals surface area contributed by atoms with Crippen LogP contribution in [-0.4, -0.2) is 86.1 Å². The van der Waals surface area contributed by atoms with Crippen LogP contribution in [0.1, 0.15) is 20.3 Å². The number of hydrogen-bond acceptors (Lipinski definition) is 8. The first-order chi connectivity index (χ1) is 11.0. The highest BCUT2D eigenvalue weighted by atomic mass is 16.7. The number of carbonyl (C=O) groups is 3. The van der Waals surface area contributed by atoms with Gasteiger partial charge in [-0.05, 0) is 0 Å². The zero-order chi connectivity index (χ0) is 18.7. The first-order valence-corrected chi connectivity index (χ1v) is 7.16. The highest BCUT2D eigenvalue weighted by Gasteiger charge is 2.54. The summed E-state index contributed by atoms with van der Waals surface area (Å²) in [6.45, 7) is 1.42. The highest BCUT2D eigenvalue weighted by molar-refractivity contribution is 5.77. The molecule has 1 aliphatic rings. The second-order valence-corrected chi connectivity index (χ2v) is 5.65. The maximum Gasteiger partial charge on any atom is 0.364 e. The number of nitrogens with one attached hydrogen (secondary N) is 2. The summed E-state index contributed by atoms with van der Waals surface area (Å²) in [4.78, 5) is 34.0. The van der Waals surface area contributed by atoms with Gasteiger partial charge in [-0.2, -0.15) is 0 Å². The molecule has 1 heterocycles. The van der Waals surface area contributed by atoms with E-state index in [1.807, 2.05) is 0 Å². The van der Waals surface area contributed by atoms with Crippen molar-refractivity contribution in [3.05, 3.63) is 0 Å². The van der Waals surface area contributed by atoms with E-state index in [0.717, 1.165) is 13.8 Å². The molecule has 0 aromatic carbocycles. The molecule has 0 aromatic rings. The molecule has 1 rings (SSSR count). The first kappa shape index (κ1) is 20.3. The van der Waals surface area contributed by atoms with Crippen LogP contribution < -0.4 is 10.6 Å². The van der Waals surface area contributed by atoms with Gasteiger partial charge in [0.2, 0.25) is 11.8 Å². The van der Waals surface area contributed by atoms with Crippen molar-refractivity contribution in [2.75, 3.05) is 6.61 Å². The van der Waals surface area contributed by atoms with Gasteiger partial charge in [-0.15, -0.1) is 0 Å². The van der Waals surface area contributed by atoms with Gasteiger partial charge in [0.1, 0.15) is 18.3 Å². The zero-order valence-electron chi connectivity index (χ0n) is 13.2. The molecular weight excluding hydrogens is 328 g/mol. The Morgan fingerprint density at radius 1 is 1.21 bits per heavy atom. The topological polar surface area (TPSA) is 186 Å². The molecule has 1 saturated heterocycles. The summed E-state index contributed by atoms with van der Waals surface area (Å²) in [5.74, 6) is -5.67. The minimum Gasteiger partial charge on any atom is -0.477 e. The second-order valence-electron chi connectivity index (χ2n) is 5.65. The lowest BCUT2D eigenvalue weighted by Crippen LogP contribution is -2.70. The summed E-state index contributed by atoms with van der Waals surface area (Å²) in [6, 6.07) is -2.26. The van der Waals surface area contributed by atoms with Crippen LogP contribution in [0.15, 0.2) is 0 Å². The normalized spacial score (nSPS) is 32.5. The van der Waals surface area contributed by atoms with E-state index in [1.165, 1.54) is 0 Å². The molecular formula is C13H22N2O9. The fourth-order valence-corrected chi connectivity index (χ4v) is 2.57. The van der Waals surface area contributed by atoms with Gasteiger partial charge in [0.05, 0.1) is 18.7 Å². The largest absolute Gasteiger partial charge is 0.477 e. The molecule has 11 nitrogen and oxygen atoms in total. The molecule has 0 radical (unpaired) electrons. The molecule has 0 saturated carbocycles. The maximum atomic E-state index is 11.4. The van der Waals surface area contributed by atoms with Crippen LogP contribution in [0.25, 0.3) is 0 Å². The monoisotopic (exact) mass is 350 g/mol. The van der Waals surface area contributed by atoms with Gasteiger partial charge >= 0.3 is 5.97 Å². The molecule has 1 aliphatic heterocycles. The minimum absolute atomic E-state index is 0.569. The smallest absolute Gasteiger partial charge is 0.364 e. The highest BCUT2D eigenvalue weighted by Crippen LogP contribution is 2.30. The summed E-state index contributed by atoms with van der Waals surface area (Å²) in [6.07, 6.45) is -5.77. The number of aliphatic hydroxyl groups is 4. The number of aliphatic hydroxyl groups excluding tert-OH is 3. The first-order valence-electron chi connectivity index (χ1n) is 7.16. The van der Waals surface area contributed by atoms with Crippen LogP contribution in [0.4, 0.5) is 0 Å². The standard InChI is InChI=1S/C13H22N2O9/c1-5(17)14-7-3-13(23,12(21)22)24-11(9(7)15-6(2)18)10(20)8(19)4-16/h7-11,16,19-20,23H,3-4H2,1-2H3,(H,14,17)(H,15,18)(H,21,22)/t7-,8+,9+,10+,11+,13-/m0/s1. The summed E-state index contributed by atoms with van der Waals surface area (Å²) in [7, 11) is 0. The lowest BCUT2D eigenvalue weighted by atomic mass is 9.86. The Kier molecular flexibility index (Phi) is 6.63. The van der Waals surface area contributed by atoms with Crippen molar-refractivity contribution in [3.63, 3.8) is 0 Å². The van der Waals surface area contributed by atoms with E-state index in [0.29, 0.717) is 0 Å². The van der Waals surface area contributed by atoms with Crippen molar-refractivity contribution >= 4 is 17.8 Å². The average Bonchev–Trinajstić information content (AvgIpc) is 2.47. The summed E-state index contributed by atoms with van der Waals surface area (Å²) in [5, 5.41) is 52.7. The number of rotatable bonds is 6. The second kappa shape index (κ2) is 7.85. The molecule has 2 amide bonds. The van der Waals surface area contributed by atoms with Crippen molar-refractivity contribution in [2.45, 2.75) is 56.5 Å². The van der Waals surface area contributed by atoms with Gasteiger partial charge in [-0.1, -0.05) is 0 Å². The van der Waals surface area contributed by atoms with E-state index in [2.05, 4.69) is 10.6 Å². The molecule has 0 spiro atoms. The molecule has 0 aliphatic carbocycles. The zero-order valence-corrected chi connectivity index (χ0v) is 13.2. The molecule has 138 valence electrons. The fourth-order valence-electron chi connectivity index (χ4n) is 2.57. The Bertz CT molecular complexity index is 500. The van der Waals surface area contributed by atoms with E-state index in [1.54, 1.807) is 0 Å². The van der Waals surface area contributed by atoms with Crippen LogP contribution >= 0.6 is 0 Å². The third-order valence-corrected chi connectivity index (χ3v) is 3.63. The van der Waals surface area contributed by atoms with Crippen molar-refractivity contribution < 1.29 is 44.7 Å². The molecule has 1 fully saturated rings. The van der Waals surface area contributed by atoms with E-state index < -0.39 is 67.0 Å². The van der Waals surface area contributed by atoms with E-state index in [9.17, 15) is 29.7 Å². The molecule has 0 bridgehead atoms. The van der Waals surface area contributed by atoms with Gasteiger partial charge in [-0.25, -0.2) is 4.79 Å². The third-order valence-electron chi connectivity index (χ3n) is 3.63. The Labute approximate surface area is 137 Å². The van der Waals surface area contributed by atoms with Crippen LogP contribution in [-0.2, 0) is 19.1 Å². The number of ether oxygens (including phenoxy) is 1. The number of amides is 2. The van der Waals surface area contributed by atoms with E-state index in [-0.39, 0.29) is 0 Å². The molecule has 24 heavy (non-hydrogen) atoms. The average molecular weight is 350 g/mol. The van der Waals surface area contributed by atoms with Gasteiger partial charge in [0, 0.05) is 20.3 Å². The molecule has 0 unspecified atom stereocenters. The predicted octanol–water partition coefficient (Wildman–Crippen LogP) is -3.73. The van der Waals surface area contributed by atoms with Crippen molar-refractivity contribution in [1.82, 2.24) is 10.6 Å². The lowest BCUT2D eigenvalue weighted by molar-refractivity contribution is -0.283. The maximum absolute atomic E-state index is 11.4. The Hall–Kier alpha value is -1.79. The number of hydrogen-bond donors (Lipinski definition) is 7. The van der Waals surface area contributed by atoms with E-state index in [4.69, 9.17) is 14.9 Å². The molecule has 0 aromatic heterocycles. The lowest BCUT2D eigenvalue weighted by Gasteiger charge is -2.46. The van der Waals surface area contributed by atoms with Gasteiger partial charge < -0.3 is 40.9 Å². The summed E-state index contributed by atoms with van der Waals surface area (Å²) < 4.78 is 5.01. The molecule has 6 atom stereocenters. The van der Waals surface area contributed by atoms with Crippen LogP contribution in [0.5, 0.6) is 0 Å². The summed E-state index contributed by atoms with van der Waals surface area (Å²) >= 11 is 0. The number of aliphatic carboxylic acids is 1. The number of carbonyl (C=O) groups excluding carboxylic acids is 2. The van der Waals surface area contributed by atoms with Crippen molar-refractivity contribution in [1.29, 1.82) is 0 Å². The fraction of sp³-hybridized carbons (Fsp3) is 0.769. The predicted molar refractivity (Wildman–Crippen MR) is 76.4 cm³/mol. The number of carboxylic acid groups (broad SMARTS) is 1. The van der Waals surface area contributed by atoms with Gasteiger partial charge in [0.25, 0.3) is 5.79 Å². The quantitative estimate of drug-likeness (QED) is 0.253. The summed E-state index contributed by atoms with van der Waals surface area (Å²) in [5.41, 5.74) is 0. The number of carboxylic acids is 1. The van der Waals surface area contributed by atoms with Gasteiger partial charge in [-0.3, -0.25) is 9.59 Å². The van der Waals surface area contributed by atoms with E-state index >= 15 is 0 Å². The minimum atomic E-state index is -2.76. The SMILES string of the molecule is CC(=O)N[C@H]1[C@H]([C@H](O)[C@H](O)CO)O[C@](O)(C(=O)O)C[C@@H]1NC(C)=O. The Morgan fingerprint density at radius 2 is 1.75 bits per heavy atom. The third kappa shape index (κ3) is 4.61. The Morgan fingerprint density at radius 3 is 2.17 bits per heavy atom.